The number of piperidine rings is 1. The number of likely N-dealkylation sites (tertiary alicyclic amines) is 1. The number of hydrogen-bond donors (Lipinski definition) is 1. The standard InChI is InChI=1S/C18H34N2O3/c1-16(2,3)22-15(21)20-10-8-13(9-11-20)19-14-12-17(4,5)23-18(14,6)7/h13-14,19H,8-12H2,1-7H3. The Morgan fingerprint density at radius 2 is 1.74 bits per heavy atom. The van der Waals surface area contributed by atoms with Crippen LogP contribution in [0.5, 0.6) is 0 Å². The lowest BCUT2D eigenvalue weighted by molar-refractivity contribution is -0.0709. The molecule has 1 atom stereocenters. The topological polar surface area (TPSA) is 50.8 Å². The third-order valence-electron chi connectivity index (χ3n) is 4.66. The van der Waals surface area contributed by atoms with Gasteiger partial charge in [0.05, 0.1) is 11.2 Å². The van der Waals surface area contributed by atoms with Crippen LogP contribution in [0.3, 0.4) is 0 Å². The minimum absolute atomic E-state index is 0.0710. The largest absolute Gasteiger partial charge is 0.444 e. The highest BCUT2D eigenvalue weighted by Gasteiger charge is 2.46. The Bertz CT molecular complexity index is 432. The van der Waals surface area contributed by atoms with Gasteiger partial charge in [-0.25, -0.2) is 4.79 Å². The number of hydrogen-bond acceptors (Lipinski definition) is 4. The van der Waals surface area contributed by atoms with E-state index in [1.54, 1.807) is 0 Å². The first-order chi connectivity index (χ1) is 10.4. The van der Waals surface area contributed by atoms with Crippen molar-refractivity contribution in [1.82, 2.24) is 10.2 Å². The van der Waals surface area contributed by atoms with Crippen molar-refractivity contribution in [3.63, 3.8) is 0 Å². The molecule has 2 heterocycles. The zero-order chi connectivity index (χ0) is 17.5. The maximum absolute atomic E-state index is 12.1. The normalized spacial score (nSPS) is 28.0. The first-order valence-electron chi connectivity index (χ1n) is 8.82. The fraction of sp³-hybridized carbons (Fsp3) is 0.944. The van der Waals surface area contributed by atoms with Crippen LogP contribution in [0, 0.1) is 0 Å². The van der Waals surface area contributed by atoms with Gasteiger partial charge in [-0.3, -0.25) is 0 Å². The summed E-state index contributed by atoms with van der Waals surface area (Å²) in [6.07, 6.45) is 2.76. The lowest BCUT2D eigenvalue weighted by Gasteiger charge is -2.37. The molecule has 0 aliphatic carbocycles. The van der Waals surface area contributed by atoms with Crippen LogP contribution in [-0.4, -0.2) is 53.0 Å². The Labute approximate surface area is 141 Å². The lowest BCUT2D eigenvalue weighted by atomic mass is 9.92. The van der Waals surface area contributed by atoms with Gasteiger partial charge in [-0.15, -0.1) is 0 Å². The van der Waals surface area contributed by atoms with Crippen molar-refractivity contribution in [3.05, 3.63) is 0 Å². The second kappa shape index (κ2) is 6.25. The van der Waals surface area contributed by atoms with Gasteiger partial charge >= 0.3 is 6.09 Å². The average Bonchev–Trinajstić information content (AvgIpc) is 2.55. The molecule has 0 aromatic rings. The summed E-state index contributed by atoms with van der Waals surface area (Å²) in [5.74, 6) is 0. The van der Waals surface area contributed by atoms with Crippen molar-refractivity contribution in [2.45, 2.75) is 96.6 Å². The van der Waals surface area contributed by atoms with Gasteiger partial charge in [-0.2, -0.15) is 0 Å². The number of nitrogens with one attached hydrogen (secondary N) is 1. The Hall–Kier alpha value is -0.810. The molecule has 2 saturated heterocycles. The van der Waals surface area contributed by atoms with Gasteiger partial charge in [0.15, 0.2) is 0 Å². The SMILES string of the molecule is CC(C)(C)OC(=O)N1CCC(NC2CC(C)(C)OC2(C)C)CC1. The van der Waals surface area contributed by atoms with Gasteiger partial charge in [0.25, 0.3) is 0 Å². The minimum atomic E-state index is -0.428. The summed E-state index contributed by atoms with van der Waals surface area (Å²) in [7, 11) is 0. The van der Waals surface area contributed by atoms with E-state index in [1.807, 2.05) is 25.7 Å². The number of nitrogens with zero attached hydrogens (tertiary/aromatic N) is 1. The molecule has 0 aromatic carbocycles. The van der Waals surface area contributed by atoms with Gasteiger partial charge in [0, 0.05) is 25.2 Å². The van der Waals surface area contributed by atoms with Crippen LogP contribution >= 0.6 is 0 Å². The van der Waals surface area contributed by atoms with Crippen molar-refractivity contribution >= 4 is 6.09 Å². The fourth-order valence-electron chi connectivity index (χ4n) is 3.66. The van der Waals surface area contributed by atoms with E-state index in [9.17, 15) is 4.79 Å². The zero-order valence-corrected chi connectivity index (χ0v) is 15.9. The molecule has 2 aliphatic heterocycles. The highest BCUT2D eigenvalue weighted by atomic mass is 16.6. The second-order valence-corrected chi connectivity index (χ2v) is 9.13. The molecule has 2 aliphatic rings. The van der Waals surface area contributed by atoms with Crippen LogP contribution in [0.1, 0.15) is 67.7 Å². The first kappa shape index (κ1) is 18.5. The monoisotopic (exact) mass is 326 g/mol. The van der Waals surface area contributed by atoms with Crippen LogP contribution in [0.2, 0.25) is 0 Å². The summed E-state index contributed by atoms with van der Waals surface area (Å²) in [5.41, 5.74) is -0.646. The molecule has 1 amide bonds. The van der Waals surface area contributed by atoms with Crippen LogP contribution in [0.15, 0.2) is 0 Å². The maximum atomic E-state index is 12.1. The van der Waals surface area contributed by atoms with E-state index in [4.69, 9.17) is 9.47 Å². The molecular formula is C18H34N2O3. The van der Waals surface area contributed by atoms with Gasteiger partial charge in [-0.05, 0) is 67.7 Å². The van der Waals surface area contributed by atoms with Crippen molar-refractivity contribution in [2.75, 3.05) is 13.1 Å². The second-order valence-electron chi connectivity index (χ2n) is 9.13. The molecule has 134 valence electrons. The number of rotatable bonds is 2. The molecule has 2 rings (SSSR count). The minimum Gasteiger partial charge on any atom is -0.444 e. The summed E-state index contributed by atoms with van der Waals surface area (Å²) in [6.45, 7) is 15.9. The lowest BCUT2D eigenvalue weighted by Crippen LogP contribution is -2.52. The summed E-state index contributed by atoms with van der Waals surface area (Å²) in [5, 5.41) is 3.77. The average molecular weight is 326 g/mol. The van der Waals surface area contributed by atoms with Gasteiger partial charge < -0.3 is 19.7 Å². The van der Waals surface area contributed by atoms with E-state index in [0.717, 1.165) is 32.4 Å². The quantitative estimate of drug-likeness (QED) is 0.846. The molecular weight excluding hydrogens is 292 g/mol. The summed E-state index contributed by atoms with van der Waals surface area (Å²) >= 11 is 0. The first-order valence-corrected chi connectivity index (χ1v) is 8.82. The van der Waals surface area contributed by atoms with Crippen molar-refractivity contribution in [2.24, 2.45) is 0 Å². The molecule has 2 fully saturated rings. The molecule has 5 heteroatoms. The Balaban J connectivity index is 1.82. The Morgan fingerprint density at radius 1 is 1.17 bits per heavy atom. The maximum Gasteiger partial charge on any atom is 0.410 e. The van der Waals surface area contributed by atoms with E-state index in [-0.39, 0.29) is 17.3 Å². The predicted octanol–water partition coefficient (Wildman–Crippen LogP) is 3.32. The number of amides is 1. The third kappa shape index (κ3) is 5.08. The molecule has 5 nitrogen and oxygen atoms in total. The molecule has 0 bridgehead atoms. The summed E-state index contributed by atoms with van der Waals surface area (Å²) in [6, 6.07) is 0.797. The van der Waals surface area contributed by atoms with Gasteiger partial charge in [0.2, 0.25) is 0 Å². The van der Waals surface area contributed by atoms with Gasteiger partial charge in [-0.1, -0.05) is 0 Å². The molecule has 0 radical (unpaired) electrons. The van der Waals surface area contributed by atoms with Crippen LogP contribution in [0.25, 0.3) is 0 Å². The number of ether oxygens (including phenoxy) is 2. The van der Waals surface area contributed by atoms with E-state index in [2.05, 4.69) is 33.0 Å². The van der Waals surface area contributed by atoms with Gasteiger partial charge in [0.1, 0.15) is 5.60 Å². The number of carbonyl (C=O) groups is 1. The smallest absolute Gasteiger partial charge is 0.410 e. The summed E-state index contributed by atoms with van der Waals surface area (Å²) in [4.78, 5) is 13.9. The predicted molar refractivity (Wildman–Crippen MR) is 91.6 cm³/mol. The zero-order valence-electron chi connectivity index (χ0n) is 15.9. The van der Waals surface area contributed by atoms with Crippen LogP contribution in [0.4, 0.5) is 4.79 Å². The molecule has 0 aromatic heterocycles. The molecule has 1 unspecified atom stereocenters. The van der Waals surface area contributed by atoms with Crippen LogP contribution < -0.4 is 5.32 Å². The molecule has 0 spiro atoms. The van der Waals surface area contributed by atoms with Crippen molar-refractivity contribution < 1.29 is 14.3 Å². The Kier molecular flexibility index (Phi) is 5.03. The van der Waals surface area contributed by atoms with Crippen molar-refractivity contribution in [1.29, 1.82) is 0 Å². The highest BCUT2D eigenvalue weighted by Crippen LogP contribution is 2.37. The van der Waals surface area contributed by atoms with E-state index in [0.29, 0.717) is 12.1 Å². The van der Waals surface area contributed by atoms with Crippen molar-refractivity contribution in [3.8, 4) is 0 Å². The summed E-state index contributed by atoms with van der Waals surface area (Å²) < 4.78 is 11.6. The molecule has 23 heavy (non-hydrogen) atoms. The molecule has 1 N–H and O–H groups in total. The van der Waals surface area contributed by atoms with E-state index >= 15 is 0 Å². The van der Waals surface area contributed by atoms with Crippen LogP contribution in [-0.2, 0) is 9.47 Å². The van der Waals surface area contributed by atoms with E-state index < -0.39 is 5.60 Å². The molecule has 0 saturated carbocycles. The fourth-order valence-corrected chi connectivity index (χ4v) is 3.66. The van der Waals surface area contributed by atoms with E-state index in [1.165, 1.54) is 0 Å². The third-order valence-corrected chi connectivity index (χ3v) is 4.66. The number of carbonyl (C=O) groups excluding carboxylic acids is 1. The Morgan fingerprint density at radius 3 is 2.17 bits per heavy atom. The highest BCUT2D eigenvalue weighted by molar-refractivity contribution is 5.68.